The van der Waals surface area contributed by atoms with Crippen molar-refractivity contribution in [2.24, 2.45) is 0 Å². The topological polar surface area (TPSA) is 50.7 Å². The molecule has 1 aromatic heterocycles. The summed E-state index contributed by atoms with van der Waals surface area (Å²) in [5, 5.41) is 8.23. The molecular weight excluding hydrogens is 292 g/mol. The summed E-state index contributed by atoms with van der Waals surface area (Å²) in [5.41, 5.74) is 0. The highest BCUT2D eigenvalue weighted by atomic mass is 16.7. The molecular formula is C17H28N4O2. The van der Waals surface area contributed by atoms with Gasteiger partial charge in [0.1, 0.15) is 0 Å². The van der Waals surface area contributed by atoms with Gasteiger partial charge in [0.25, 0.3) is 0 Å². The van der Waals surface area contributed by atoms with Crippen molar-refractivity contribution in [2.45, 2.75) is 44.4 Å². The van der Waals surface area contributed by atoms with E-state index in [0.29, 0.717) is 6.04 Å². The maximum atomic E-state index is 5.86. The van der Waals surface area contributed by atoms with E-state index in [1.54, 1.807) is 6.20 Å². The lowest BCUT2D eigenvalue weighted by molar-refractivity contribution is -0.164. The van der Waals surface area contributed by atoms with Gasteiger partial charge < -0.3 is 14.4 Å². The molecule has 3 heterocycles. The molecule has 3 rings (SSSR count). The Hall–Kier alpha value is -1.24. The fourth-order valence-corrected chi connectivity index (χ4v) is 3.34. The lowest BCUT2D eigenvalue weighted by Gasteiger charge is -2.38. The van der Waals surface area contributed by atoms with Gasteiger partial charge in [0, 0.05) is 38.5 Å². The number of rotatable bonds is 6. The van der Waals surface area contributed by atoms with Crippen molar-refractivity contribution < 1.29 is 9.47 Å². The normalized spacial score (nSPS) is 25.7. The molecule has 6 nitrogen and oxygen atoms in total. The second-order valence-corrected chi connectivity index (χ2v) is 6.47. The lowest BCUT2D eigenvalue weighted by atomic mass is 10.0. The van der Waals surface area contributed by atoms with Gasteiger partial charge >= 0.3 is 0 Å². The van der Waals surface area contributed by atoms with Gasteiger partial charge in [-0.1, -0.05) is 0 Å². The average Bonchev–Trinajstić information content (AvgIpc) is 2.63. The van der Waals surface area contributed by atoms with Crippen LogP contribution in [0.25, 0.3) is 0 Å². The van der Waals surface area contributed by atoms with Crippen molar-refractivity contribution in [3.05, 3.63) is 18.3 Å². The number of ether oxygens (including phenoxy) is 2. The van der Waals surface area contributed by atoms with Crippen LogP contribution in [-0.2, 0) is 9.47 Å². The highest BCUT2D eigenvalue weighted by molar-refractivity contribution is 5.37. The maximum absolute atomic E-state index is 5.86. The minimum absolute atomic E-state index is 0.0135. The summed E-state index contributed by atoms with van der Waals surface area (Å²) in [6.07, 6.45) is 7.58. The van der Waals surface area contributed by atoms with Crippen LogP contribution in [0.2, 0.25) is 0 Å². The Kier molecular flexibility index (Phi) is 6.19. The quantitative estimate of drug-likeness (QED) is 0.798. The van der Waals surface area contributed by atoms with E-state index in [9.17, 15) is 0 Å². The number of likely N-dealkylation sites (N-methyl/N-ethyl adjacent to an activating group) is 1. The summed E-state index contributed by atoms with van der Waals surface area (Å²) in [6, 6.07) is 4.54. The van der Waals surface area contributed by atoms with Crippen LogP contribution in [0.3, 0.4) is 0 Å². The van der Waals surface area contributed by atoms with Crippen molar-refractivity contribution >= 4 is 5.82 Å². The van der Waals surface area contributed by atoms with Gasteiger partial charge in [0.2, 0.25) is 0 Å². The standard InChI is InChI=1S/C17H28N4O2/c1-20(11-13-23-17-8-2-3-12-22-17)15-6-5-10-21(14-15)16-7-4-9-18-19-16/h4,7,9,15,17H,2-3,5-6,8,10-14H2,1H3/t15-,17-/m0/s1. The SMILES string of the molecule is CN(CCO[C@H]1CCCCO1)[C@H]1CCCN(c2cccnn2)C1. The van der Waals surface area contributed by atoms with E-state index in [4.69, 9.17) is 9.47 Å². The van der Waals surface area contributed by atoms with Gasteiger partial charge in [-0.2, -0.15) is 5.10 Å². The van der Waals surface area contributed by atoms with Gasteiger partial charge in [-0.15, -0.1) is 5.10 Å². The zero-order valence-electron chi connectivity index (χ0n) is 14.1. The molecule has 2 aliphatic rings. The number of anilines is 1. The molecule has 1 aromatic rings. The van der Waals surface area contributed by atoms with Crippen molar-refractivity contribution in [1.29, 1.82) is 0 Å². The molecule has 0 aliphatic carbocycles. The summed E-state index contributed by atoms with van der Waals surface area (Å²) in [5.74, 6) is 0.984. The number of hydrogen-bond donors (Lipinski definition) is 0. The zero-order valence-corrected chi connectivity index (χ0v) is 14.1. The first kappa shape index (κ1) is 16.6. The molecule has 0 aromatic carbocycles. The minimum atomic E-state index is 0.0135. The number of aromatic nitrogens is 2. The highest BCUT2D eigenvalue weighted by Gasteiger charge is 2.24. The predicted molar refractivity (Wildman–Crippen MR) is 89.4 cm³/mol. The van der Waals surface area contributed by atoms with Crippen molar-refractivity contribution in [1.82, 2.24) is 15.1 Å². The number of nitrogens with zero attached hydrogens (tertiary/aromatic N) is 4. The molecule has 0 spiro atoms. The van der Waals surface area contributed by atoms with Crippen LogP contribution >= 0.6 is 0 Å². The molecule has 128 valence electrons. The monoisotopic (exact) mass is 320 g/mol. The van der Waals surface area contributed by atoms with Gasteiger partial charge in [0.05, 0.1) is 6.61 Å². The summed E-state index contributed by atoms with van der Waals surface area (Å²) in [4.78, 5) is 4.74. The highest BCUT2D eigenvalue weighted by Crippen LogP contribution is 2.20. The summed E-state index contributed by atoms with van der Waals surface area (Å²) >= 11 is 0. The minimum Gasteiger partial charge on any atom is -0.354 e. The van der Waals surface area contributed by atoms with E-state index in [2.05, 4.69) is 27.0 Å². The first-order chi connectivity index (χ1) is 11.3. The van der Waals surface area contributed by atoms with E-state index in [0.717, 1.165) is 45.1 Å². The Labute approximate surface area is 138 Å². The molecule has 0 saturated carbocycles. The molecule has 2 atom stereocenters. The molecule has 2 saturated heterocycles. The maximum Gasteiger partial charge on any atom is 0.157 e. The number of piperidine rings is 1. The molecule has 0 bridgehead atoms. The Bertz CT molecular complexity index is 453. The largest absolute Gasteiger partial charge is 0.354 e. The second kappa shape index (κ2) is 8.57. The van der Waals surface area contributed by atoms with Gasteiger partial charge in [-0.3, -0.25) is 4.90 Å². The third kappa shape index (κ3) is 4.86. The number of hydrogen-bond acceptors (Lipinski definition) is 6. The Morgan fingerprint density at radius 2 is 2.30 bits per heavy atom. The molecule has 2 fully saturated rings. The Morgan fingerprint density at radius 1 is 1.35 bits per heavy atom. The van der Waals surface area contributed by atoms with E-state index >= 15 is 0 Å². The molecule has 0 N–H and O–H groups in total. The molecule has 0 unspecified atom stereocenters. The van der Waals surface area contributed by atoms with Crippen LogP contribution in [0.4, 0.5) is 5.82 Å². The third-order valence-electron chi connectivity index (χ3n) is 4.79. The van der Waals surface area contributed by atoms with Crippen LogP contribution in [0.15, 0.2) is 18.3 Å². The van der Waals surface area contributed by atoms with Crippen LogP contribution in [-0.4, -0.2) is 67.3 Å². The van der Waals surface area contributed by atoms with Gasteiger partial charge in [0.15, 0.2) is 12.1 Å². The molecule has 2 aliphatic heterocycles. The molecule has 0 radical (unpaired) electrons. The van der Waals surface area contributed by atoms with Crippen molar-refractivity contribution in [2.75, 3.05) is 44.8 Å². The van der Waals surface area contributed by atoms with E-state index in [-0.39, 0.29) is 6.29 Å². The van der Waals surface area contributed by atoms with Gasteiger partial charge in [-0.25, -0.2) is 0 Å². The molecule has 0 amide bonds. The van der Waals surface area contributed by atoms with Crippen LogP contribution in [0.1, 0.15) is 32.1 Å². The summed E-state index contributed by atoms with van der Waals surface area (Å²) in [6.45, 7) is 4.60. The fourth-order valence-electron chi connectivity index (χ4n) is 3.34. The van der Waals surface area contributed by atoms with Crippen molar-refractivity contribution in [3.63, 3.8) is 0 Å². The molecule has 6 heteroatoms. The van der Waals surface area contributed by atoms with E-state index < -0.39 is 0 Å². The van der Waals surface area contributed by atoms with Crippen LogP contribution in [0.5, 0.6) is 0 Å². The van der Waals surface area contributed by atoms with Crippen molar-refractivity contribution in [3.8, 4) is 0 Å². The summed E-state index contributed by atoms with van der Waals surface area (Å²) in [7, 11) is 2.19. The average molecular weight is 320 g/mol. The third-order valence-corrected chi connectivity index (χ3v) is 4.79. The van der Waals surface area contributed by atoms with Gasteiger partial charge in [-0.05, 0) is 51.3 Å². The second-order valence-electron chi connectivity index (χ2n) is 6.47. The van der Waals surface area contributed by atoms with Crippen LogP contribution < -0.4 is 4.90 Å². The Morgan fingerprint density at radius 3 is 3.09 bits per heavy atom. The first-order valence-electron chi connectivity index (χ1n) is 8.79. The summed E-state index contributed by atoms with van der Waals surface area (Å²) < 4.78 is 11.5. The Balaban J connectivity index is 1.42. The van der Waals surface area contributed by atoms with E-state index in [1.165, 1.54) is 25.7 Å². The smallest absolute Gasteiger partial charge is 0.157 e. The van der Waals surface area contributed by atoms with Crippen LogP contribution in [0, 0.1) is 0 Å². The first-order valence-corrected chi connectivity index (χ1v) is 8.79. The lowest BCUT2D eigenvalue weighted by Crippen LogP contribution is -2.47. The molecule has 23 heavy (non-hydrogen) atoms. The fraction of sp³-hybridized carbons (Fsp3) is 0.765. The predicted octanol–water partition coefficient (Wildman–Crippen LogP) is 1.92. The van der Waals surface area contributed by atoms with E-state index in [1.807, 2.05) is 12.1 Å². The zero-order chi connectivity index (χ0) is 15.9.